The molecule has 0 saturated heterocycles. The molecule has 2 heterocycles. The van der Waals surface area contributed by atoms with Crippen LogP contribution in [0.3, 0.4) is 0 Å². The molecule has 0 spiro atoms. The second-order valence-corrected chi connectivity index (χ2v) is 7.47. The van der Waals surface area contributed by atoms with Gasteiger partial charge in [-0.05, 0) is 43.3 Å². The van der Waals surface area contributed by atoms with Crippen molar-refractivity contribution in [2.75, 3.05) is 0 Å². The Labute approximate surface area is 158 Å². The van der Waals surface area contributed by atoms with Gasteiger partial charge in [-0.25, -0.2) is 0 Å². The highest BCUT2D eigenvalue weighted by atomic mass is 16.5. The molecule has 1 aliphatic carbocycles. The molecule has 4 aromatic rings. The number of fused-ring (bicyclic) bond motifs is 6. The Kier molecular flexibility index (Phi) is 2.96. The fourth-order valence-corrected chi connectivity index (χ4v) is 4.57. The predicted molar refractivity (Wildman–Crippen MR) is 111 cm³/mol. The van der Waals surface area contributed by atoms with Gasteiger partial charge in [-0.2, -0.15) is 0 Å². The molecule has 2 nitrogen and oxygen atoms in total. The number of ether oxygens (including phenoxy) is 1. The smallest absolute Gasteiger partial charge is 0.128 e. The van der Waals surface area contributed by atoms with E-state index in [9.17, 15) is 0 Å². The molecule has 3 aromatic carbocycles. The zero-order valence-electron chi connectivity index (χ0n) is 15.1. The first-order valence-corrected chi connectivity index (χ1v) is 9.45. The number of allylic oxidation sites excluding steroid dienone is 2. The largest absolute Gasteiger partial charge is 0.485 e. The van der Waals surface area contributed by atoms with Crippen LogP contribution in [0.15, 0.2) is 90.5 Å². The summed E-state index contributed by atoms with van der Waals surface area (Å²) in [5.74, 6) is 1.31. The van der Waals surface area contributed by atoms with Gasteiger partial charge in [0.1, 0.15) is 11.9 Å². The lowest BCUT2D eigenvalue weighted by Gasteiger charge is -2.17. The quantitative estimate of drug-likeness (QED) is 0.402. The Morgan fingerprint density at radius 1 is 0.852 bits per heavy atom. The average Bonchev–Trinajstić information content (AvgIpc) is 3.23. The molecule has 2 atom stereocenters. The molecule has 6 rings (SSSR count). The van der Waals surface area contributed by atoms with E-state index in [1.165, 1.54) is 38.6 Å². The van der Waals surface area contributed by atoms with E-state index < -0.39 is 0 Å². The predicted octanol–water partition coefficient (Wildman–Crippen LogP) is 6.14. The molecule has 2 unspecified atom stereocenters. The Morgan fingerprint density at radius 3 is 2.30 bits per heavy atom. The van der Waals surface area contributed by atoms with Crippen molar-refractivity contribution in [3.63, 3.8) is 0 Å². The number of benzene rings is 3. The fraction of sp³-hybridized carbons (Fsp3) is 0.120. The lowest BCUT2D eigenvalue weighted by molar-refractivity contribution is 0.268. The maximum Gasteiger partial charge on any atom is 0.128 e. The normalized spacial score (nSPS) is 20.4. The second kappa shape index (κ2) is 5.37. The molecule has 0 amide bonds. The maximum atomic E-state index is 6.17. The first-order chi connectivity index (χ1) is 13.3. The van der Waals surface area contributed by atoms with Crippen molar-refractivity contribution in [1.29, 1.82) is 0 Å². The molecule has 27 heavy (non-hydrogen) atoms. The van der Waals surface area contributed by atoms with Crippen molar-refractivity contribution >= 4 is 21.8 Å². The number of para-hydroxylation sites is 2. The van der Waals surface area contributed by atoms with Crippen LogP contribution in [0.2, 0.25) is 0 Å². The summed E-state index contributed by atoms with van der Waals surface area (Å²) in [4.78, 5) is 0. The first kappa shape index (κ1) is 14.9. The Hall–Kier alpha value is -3.26. The van der Waals surface area contributed by atoms with Gasteiger partial charge in [-0.15, -0.1) is 0 Å². The summed E-state index contributed by atoms with van der Waals surface area (Å²) in [7, 11) is 0. The summed E-state index contributed by atoms with van der Waals surface area (Å²) < 4.78 is 8.53. The number of hydrogen-bond acceptors (Lipinski definition) is 1. The van der Waals surface area contributed by atoms with E-state index in [0.717, 1.165) is 5.75 Å². The van der Waals surface area contributed by atoms with Crippen molar-refractivity contribution in [3.8, 4) is 11.4 Å². The van der Waals surface area contributed by atoms with Crippen LogP contribution in [0.25, 0.3) is 27.5 Å². The van der Waals surface area contributed by atoms with Crippen LogP contribution in [0.1, 0.15) is 18.4 Å². The number of rotatable bonds is 1. The standard InChI is InChI=1S/C25H19NO/c1-16-10-12-24-20(14-16)21-15-17(11-13-25(21)27-24)26-22-8-4-2-6-18(22)19-7-3-5-9-23(19)26/h2-15,20,24H,1H3. The molecule has 0 radical (unpaired) electrons. The summed E-state index contributed by atoms with van der Waals surface area (Å²) in [6.45, 7) is 2.15. The zero-order chi connectivity index (χ0) is 18.0. The third-order valence-corrected chi connectivity index (χ3v) is 5.80. The number of hydrogen-bond donors (Lipinski definition) is 0. The molecular weight excluding hydrogens is 330 g/mol. The van der Waals surface area contributed by atoms with Gasteiger partial charge in [0.05, 0.1) is 11.0 Å². The van der Waals surface area contributed by atoms with E-state index in [4.69, 9.17) is 4.74 Å². The monoisotopic (exact) mass is 349 g/mol. The van der Waals surface area contributed by atoms with Crippen molar-refractivity contribution in [2.24, 2.45) is 0 Å². The Bertz CT molecular complexity index is 1220. The molecule has 2 aliphatic rings. The molecule has 130 valence electrons. The van der Waals surface area contributed by atoms with E-state index in [2.05, 4.69) is 96.4 Å². The van der Waals surface area contributed by atoms with Crippen LogP contribution >= 0.6 is 0 Å². The van der Waals surface area contributed by atoms with Crippen molar-refractivity contribution in [3.05, 3.63) is 96.1 Å². The van der Waals surface area contributed by atoms with E-state index >= 15 is 0 Å². The van der Waals surface area contributed by atoms with Gasteiger partial charge in [0.25, 0.3) is 0 Å². The first-order valence-electron chi connectivity index (χ1n) is 9.45. The van der Waals surface area contributed by atoms with Gasteiger partial charge in [0.15, 0.2) is 0 Å². The highest BCUT2D eigenvalue weighted by Crippen LogP contribution is 2.43. The summed E-state index contributed by atoms with van der Waals surface area (Å²) in [6.07, 6.45) is 6.78. The van der Waals surface area contributed by atoms with E-state index in [1.807, 2.05) is 0 Å². The second-order valence-electron chi connectivity index (χ2n) is 7.47. The van der Waals surface area contributed by atoms with Gasteiger partial charge in [-0.1, -0.05) is 54.1 Å². The molecule has 0 saturated carbocycles. The van der Waals surface area contributed by atoms with Gasteiger partial charge >= 0.3 is 0 Å². The van der Waals surface area contributed by atoms with Crippen molar-refractivity contribution in [2.45, 2.75) is 18.9 Å². The van der Waals surface area contributed by atoms with Gasteiger partial charge in [0.2, 0.25) is 0 Å². The molecular formula is C25H19NO. The Morgan fingerprint density at radius 2 is 1.56 bits per heavy atom. The SMILES string of the molecule is CC1=CC2c3cc(-n4c5ccccc5c5ccccc54)ccc3OC2C=C1. The van der Waals surface area contributed by atoms with Crippen LogP contribution in [0, 0.1) is 0 Å². The minimum atomic E-state index is 0.122. The Balaban J connectivity index is 1.61. The summed E-state index contributed by atoms with van der Waals surface area (Å²) >= 11 is 0. The van der Waals surface area contributed by atoms with Crippen LogP contribution in [0.4, 0.5) is 0 Å². The molecule has 1 aromatic heterocycles. The fourth-order valence-electron chi connectivity index (χ4n) is 4.57. The van der Waals surface area contributed by atoms with Crippen molar-refractivity contribution in [1.82, 2.24) is 4.57 Å². The molecule has 0 bridgehead atoms. The molecule has 2 heteroatoms. The van der Waals surface area contributed by atoms with Gasteiger partial charge in [-0.3, -0.25) is 0 Å². The lowest BCUT2D eigenvalue weighted by Crippen LogP contribution is -2.16. The summed E-state index contributed by atoms with van der Waals surface area (Å²) in [5, 5.41) is 2.58. The highest BCUT2D eigenvalue weighted by molar-refractivity contribution is 6.09. The average molecular weight is 349 g/mol. The van der Waals surface area contributed by atoms with Gasteiger partial charge < -0.3 is 9.30 Å². The van der Waals surface area contributed by atoms with Crippen LogP contribution in [-0.2, 0) is 0 Å². The van der Waals surface area contributed by atoms with Crippen LogP contribution < -0.4 is 4.74 Å². The number of aromatic nitrogens is 1. The minimum absolute atomic E-state index is 0.122. The zero-order valence-corrected chi connectivity index (χ0v) is 15.1. The minimum Gasteiger partial charge on any atom is -0.485 e. The third kappa shape index (κ3) is 2.07. The highest BCUT2D eigenvalue weighted by Gasteiger charge is 2.33. The van der Waals surface area contributed by atoms with E-state index in [1.54, 1.807) is 0 Å². The number of nitrogens with zero attached hydrogens (tertiary/aromatic N) is 1. The van der Waals surface area contributed by atoms with E-state index in [0.29, 0.717) is 5.92 Å². The molecule has 0 N–H and O–H groups in total. The lowest BCUT2D eigenvalue weighted by atomic mass is 9.89. The molecule has 0 fully saturated rings. The van der Waals surface area contributed by atoms with Gasteiger partial charge in [0, 0.05) is 27.9 Å². The molecule has 1 aliphatic heterocycles. The van der Waals surface area contributed by atoms with Crippen LogP contribution in [0.5, 0.6) is 5.75 Å². The summed E-state index contributed by atoms with van der Waals surface area (Å²) in [6, 6.07) is 23.9. The van der Waals surface area contributed by atoms with Crippen molar-refractivity contribution < 1.29 is 4.74 Å². The topological polar surface area (TPSA) is 14.2 Å². The maximum absolute atomic E-state index is 6.17. The third-order valence-electron chi connectivity index (χ3n) is 5.80. The van der Waals surface area contributed by atoms with E-state index in [-0.39, 0.29) is 6.10 Å². The van der Waals surface area contributed by atoms with Crippen LogP contribution in [-0.4, -0.2) is 10.7 Å². The summed E-state index contributed by atoms with van der Waals surface area (Å²) in [5.41, 5.74) is 6.25.